The predicted octanol–water partition coefficient (Wildman–Crippen LogP) is 7.62. The first-order chi connectivity index (χ1) is 21.0. The van der Waals surface area contributed by atoms with Crippen LogP contribution in [-0.2, 0) is 0 Å². The van der Waals surface area contributed by atoms with Crippen molar-refractivity contribution < 1.29 is 27.4 Å². The van der Waals surface area contributed by atoms with Crippen LogP contribution >= 0.6 is 11.9 Å². The molecule has 1 saturated carbocycles. The van der Waals surface area contributed by atoms with E-state index < -0.39 is 11.6 Å². The molecule has 7 rings (SSSR count). The van der Waals surface area contributed by atoms with E-state index in [9.17, 15) is 18.0 Å². The van der Waals surface area contributed by atoms with Gasteiger partial charge in [-0.3, -0.25) is 9.52 Å². The molecule has 4 aliphatic rings. The van der Waals surface area contributed by atoms with Crippen LogP contribution in [-0.4, -0.2) is 52.1 Å². The highest BCUT2D eigenvalue weighted by Gasteiger charge is 2.62. The summed E-state index contributed by atoms with van der Waals surface area (Å²) in [6.07, 6.45) is 0.515. The van der Waals surface area contributed by atoms with Gasteiger partial charge in [0.25, 0.3) is 5.91 Å². The van der Waals surface area contributed by atoms with Crippen molar-refractivity contribution in [1.82, 2.24) is 19.5 Å². The van der Waals surface area contributed by atoms with Crippen molar-refractivity contribution in [3.05, 3.63) is 54.2 Å². The Morgan fingerprint density at radius 3 is 2.57 bits per heavy atom. The zero-order valence-electron chi connectivity index (χ0n) is 25.6. The van der Waals surface area contributed by atoms with Gasteiger partial charge >= 0.3 is 6.18 Å². The van der Waals surface area contributed by atoms with Crippen molar-refractivity contribution in [2.75, 3.05) is 24.7 Å². The van der Waals surface area contributed by atoms with Crippen LogP contribution in [0, 0.1) is 11.3 Å². The zero-order chi connectivity index (χ0) is 31.5. The fourth-order valence-corrected chi connectivity index (χ4v) is 6.51. The average molecular weight is 632 g/mol. The number of carbonyl (C=O) groups is 1. The number of nitrogens with zero attached hydrogens (tertiary/aromatic N) is 4. The number of anilines is 1. The molecule has 0 spiro atoms. The van der Waals surface area contributed by atoms with E-state index in [2.05, 4.69) is 28.6 Å². The first kappa shape index (κ1) is 32.0. The van der Waals surface area contributed by atoms with Crippen LogP contribution in [0.15, 0.2) is 53.6 Å². The van der Waals surface area contributed by atoms with Crippen LogP contribution in [0.25, 0.3) is 5.82 Å². The van der Waals surface area contributed by atoms with Gasteiger partial charge in [0.15, 0.2) is 5.82 Å². The second-order valence-electron chi connectivity index (χ2n) is 12.0. The number of carbonyl (C=O) groups excluding carboxylic acids is 1. The minimum absolute atomic E-state index is 0.0664. The number of aromatic nitrogens is 3. The molecule has 8 nitrogen and oxygen atoms in total. The quantitative estimate of drug-likeness (QED) is 0.290. The predicted molar refractivity (Wildman–Crippen MR) is 165 cm³/mol. The first-order valence-electron chi connectivity index (χ1n) is 15.3. The molecule has 2 fully saturated rings. The number of rotatable bonds is 5. The van der Waals surface area contributed by atoms with Gasteiger partial charge < -0.3 is 14.4 Å². The summed E-state index contributed by atoms with van der Waals surface area (Å²) >= 11 is 1.23. The Morgan fingerprint density at radius 2 is 1.86 bits per heavy atom. The molecule has 3 aliphatic heterocycles. The van der Waals surface area contributed by atoms with E-state index in [1.807, 2.05) is 38.1 Å². The van der Waals surface area contributed by atoms with Gasteiger partial charge in [0.2, 0.25) is 5.88 Å². The lowest BCUT2D eigenvalue weighted by Crippen LogP contribution is -2.40. The lowest BCUT2D eigenvalue weighted by molar-refractivity contribution is -0.190. The Balaban J connectivity index is 0.00000188. The molecular weight excluding hydrogens is 591 g/mol. The molecule has 1 saturated heterocycles. The van der Waals surface area contributed by atoms with Crippen LogP contribution in [0.3, 0.4) is 0 Å². The maximum Gasteiger partial charge on any atom is 0.394 e. The van der Waals surface area contributed by atoms with Gasteiger partial charge in [0, 0.05) is 29.2 Å². The van der Waals surface area contributed by atoms with Gasteiger partial charge in [-0.1, -0.05) is 13.8 Å². The summed E-state index contributed by atoms with van der Waals surface area (Å²) in [6.45, 7) is 9.65. The van der Waals surface area contributed by atoms with Gasteiger partial charge in [0.05, 0.1) is 24.2 Å². The third-order valence-electron chi connectivity index (χ3n) is 8.52. The maximum atomic E-state index is 13.5. The Bertz CT molecular complexity index is 1440. The number of halogens is 3. The number of fused-ring (bicyclic) bond motifs is 7. The second kappa shape index (κ2) is 12.9. The summed E-state index contributed by atoms with van der Waals surface area (Å²) in [5, 5.41) is 4.41. The Kier molecular flexibility index (Phi) is 9.38. The number of hydrogen-bond donors (Lipinski definition) is 1. The van der Waals surface area contributed by atoms with Crippen molar-refractivity contribution in [1.29, 1.82) is 0 Å². The van der Waals surface area contributed by atoms with Gasteiger partial charge in [-0.05, 0) is 107 Å². The normalized spacial score (nSPS) is 20.6. The van der Waals surface area contributed by atoms with Gasteiger partial charge in [-0.2, -0.15) is 13.2 Å². The van der Waals surface area contributed by atoms with E-state index in [1.165, 1.54) is 16.6 Å². The highest BCUT2D eigenvalue weighted by molar-refractivity contribution is 7.98. The molecule has 1 aliphatic carbocycles. The number of benzene rings is 1. The molecule has 1 amide bonds. The summed E-state index contributed by atoms with van der Waals surface area (Å²) in [7, 11) is 0. The summed E-state index contributed by atoms with van der Waals surface area (Å²) in [4.78, 5) is 21.5. The lowest BCUT2D eigenvalue weighted by atomic mass is 9.93. The third-order valence-corrected chi connectivity index (χ3v) is 9.31. The SMILES string of the molecule is CC.CC1(C)CC2CCCOc3ccc(cc3)SNC(=O)c3ccc(-n4ccc(OCCC5(C(F)(F)F)CC5)n4)nc3N1C2. The van der Waals surface area contributed by atoms with Crippen molar-refractivity contribution in [3.63, 3.8) is 0 Å². The molecule has 44 heavy (non-hydrogen) atoms. The van der Waals surface area contributed by atoms with Crippen LogP contribution < -0.4 is 19.1 Å². The average Bonchev–Trinajstić information content (AvgIpc) is 3.55. The van der Waals surface area contributed by atoms with E-state index in [-0.39, 0.29) is 43.2 Å². The maximum absolute atomic E-state index is 13.5. The fourth-order valence-electron chi connectivity index (χ4n) is 5.92. The molecule has 2 aromatic heterocycles. The molecule has 1 unspecified atom stereocenters. The fraction of sp³-hybridized carbons (Fsp3) is 0.531. The monoisotopic (exact) mass is 631 g/mol. The lowest BCUT2D eigenvalue weighted by Gasteiger charge is -2.34. The second-order valence-corrected chi connectivity index (χ2v) is 12.9. The number of ether oxygens (including phenoxy) is 2. The number of hydrogen-bond acceptors (Lipinski definition) is 7. The summed E-state index contributed by atoms with van der Waals surface area (Å²) in [6, 6.07) is 12.7. The van der Waals surface area contributed by atoms with E-state index in [0.29, 0.717) is 29.7 Å². The Morgan fingerprint density at radius 1 is 1.11 bits per heavy atom. The minimum atomic E-state index is -4.21. The Hall–Kier alpha value is -3.41. The van der Waals surface area contributed by atoms with Crippen LogP contribution in [0.1, 0.15) is 76.6 Å². The smallest absolute Gasteiger partial charge is 0.394 e. The van der Waals surface area contributed by atoms with Crippen molar-refractivity contribution in [2.45, 2.75) is 82.8 Å². The minimum Gasteiger partial charge on any atom is -0.494 e. The molecule has 0 radical (unpaired) electrons. The van der Waals surface area contributed by atoms with Gasteiger partial charge in [-0.25, -0.2) is 9.67 Å². The third kappa shape index (κ3) is 6.95. The first-order valence-corrected chi connectivity index (χ1v) is 16.1. The van der Waals surface area contributed by atoms with Crippen molar-refractivity contribution in [3.8, 4) is 17.4 Å². The standard InChI is InChI=1S/C30H34F3N5O3S.C2H6/c1-28(2)18-20-4-3-16-40-21-5-7-22(8-6-21)42-36-27(39)23-9-10-24(34-26(23)37(28)19-20)38-15-11-25(35-38)41-17-14-29(12-13-29)30(31,32)33;1-2/h5-11,15,20H,3-4,12-14,16-19H2,1-2H3,(H,36,39);1-2H3. The molecule has 238 valence electrons. The number of nitrogens with one attached hydrogen (secondary N) is 1. The van der Waals surface area contributed by atoms with E-state index in [0.717, 1.165) is 36.5 Å². The highest BCUT2D eigenvalue weighted by atomic mass is 32.2. The van der Waals surface area contributed by atoms with Crippen LogP contribution in [0.2, 0.25) is 0 Å². The number of amides is 1. The van der Waals surface area contributed by atoms with Gasteiger partial charge in [0.1, 0.15) is 11.6 Å². The molecular formula is C32H40F3N5O3S. The zero-order valence-corrected chi connectivity index (χ0v) is 26.4. The molecule has 12 heteroatoms. The molecule has 1 aromatic carbocycles. The van der Waals surface area contributed by atoms with E-state index in [4.69, 9.17) is 14.5 Å². The number of pyridine rings is 1. The van der Waals surface area contributed by atoms with Crippen LogP contribution in [0.5, 0.6) is 11.6 Å². The topological polar surface area (TPSA) is 81.5 Å². The number of alkyl halides is 3. The largest absolute Gasteiger partial charge is 0.494 e. The molecule has 4 bridgehead atoms. The van der Waals surface area contributed by atoms with Crippen molar-refractivity contribution in [2.24, 2.45) is 11.3 Å². The van der Waals surface area contributed by atoms with Crippen molar-refractivity contribution >= 4 is 23.7 Å². The summed E-state index contributed by atoms with van der Waals surface area (Å²) in [5.41, 5.74) is -1.40. The van der Waals surface area contributed by atoms with E-state index in [1.54, 1.807) is 24.4 Å². The van der Waals surface area contributed by atoms with Gasteiger partial charge in [-0.15, -0.1) is 5.10 Å². The summed E-state index contributed by atoms with van der Waals surface area (Å²) in [5.74, 6) is 2.24. The Labute approximate surface area is 260 Å². The highest BCUT2D eigenvalue weighted by Crippen LogP contribution is 2.59. The van der Waals surface area contributed by atoms with Crippen LogP contribution in [0.4, 0.5) is 19.0 Å². The summed E-state index contributed by atoms with van der Waals surface area (Å²) < 4.78 is 55.8. The molecule has 3 aromatic rings. The molecule has 1 N–H and O–H groups in total. The molecule has 1 atom stereocenters. The molecule has 5 heterocycles. The van der Waals surface area contributed by atoms with E-state index >= 15 is 0 Å².